The molecule has 0 N–H and O–H groups in total. The van der Waals surface area contributed by atoms with E-state index in [0.29, 0.717) is 5.19 Å². The summed E-state index contributed by atoms with van der Waals surface area (Å²) in [5.41, 5.74) is 0. The van der Waals surface area contributed by atoms with Gasteiger partial charge < -0.3 is 13.3 Å². The SMILES string of the molecule is CCO[Si](OC)(OCC(F)(F)F)c1ccccc1. The first-order chi connectivity index (χ1) is 8.43. The fraction of sp³-hybridized carbons (Fsp3) is 0.455. The Balaban J connectivity index is 2.94. The normalized spacial score (nSPS) is 15.4. The van der Waals surface area contributed by atoms with Crippen LogP contribution in [0.25, 0.3) is 0 Å². The van der Waals surface area contributed by atoms with E-state index in [1.54, 1.807) is 37.3 Å². The Hall–Kier alpha value is -0.893. The highest BCUT2D eigenvalue weighted by Gasteiger charge is 2.45. The van der Waals surface area contributed by atoms with Crippen LogP contribution in [0.1, 0.15) is 6.92 Å². The van der Waals surface area contributed by atoms with E-state index in [1.165, 1.54) is 7.11 Å². The summed E-state index contributed by atoms with van der Waals surface area (Å²) in [6, 6.07) is 8.44. The third-order valence-corrected chi connectivity index (χ3v) is 4.93. The Morgan fingerprint density at radius 3 is 2.17 bits per heavy atom. The molecule has 0 aliphatic heterocycles. The second-order valence-corrected chi connectivity index (χ2v) is 6.14. The number of benzene rings is 1. The van der Waals surface area contributed by atoms with Gasteiger partial charge >= 0.3 is 15.0 Å². The van der Waals surface area contributed by atoms with Crippen molar-refractivity contribution in [3.8, 4) is 0 Å². The Morgan fingerprint density at radius 1 is 1.11 bits per heavy atom. The molecule has 7 heteroatoms. The van der Waals surface area contributed by atoms with E-state index in [9.17, 15) is 13.2 Å². The summed E-state index contributed by atoms with van der Waals surface area (Å²) in [5, 5.41) is 0.513. The summed E-state index contributed by atoms with van der Waals surface area (Å²) in [4.78, 5) is 0. The lowest BCUT2D eigenvalue weighted by atomic mass is 10.4. The van der Waals surface area contributed by atoms with E-state index in [0.717, 1.165) is 0 Å². The Labute approximate surface area is 105 Å². The van der Waals surface area contributed by atoms with E-state index in [4.69, 9.17) is 13.3 Å². The van der Waals surface area contributed by atoms with Gasteiger partial charge in [-0.2, -0.15) is 13.2 Å². The van der Waals surface area contributed by atoms with Crippen molar-refractivity contribution in [2.24, 2.45) is 0 Å². The van der Waals surface area contributed by atoms with Crippen LogP contribution in [0.5, 0.6) is 0 Å². The van der Waals surface area contributed by atoms with Gasteiger partial charge in [0.2, 0.25) is 0 Å². The van der Waals surface area contributed by atoms with Crippen molar-refractivity contribution in [3.05, 3.63) is 30.3 Å². The molecule has 3 nitrogen and oxygen atoms in total. The predicted octanol–water partition coefficient (Wildman–Crippen LogP) is 2.09. The summed E-state index contributed by atoms with van der Waals surface area (Å²) in [6.45, 7) is 0.509. The first kappa shape index (κ1) is 15.2. The molecule has 0 fully saturated rings. The molecule has 0 amide bonds. The van der Waals surface area contributed by atoms with Gasteiger partial charge in [-0.05, 0) is 6.92 Å². The lowest BCUT2D eigenvalue weighted by molar-refractivity contribution is -0.162. The molecule has 1 aromatic carbocycles. The molecule has 1 unspecified atom stereocenters. The molecule has 0 aliphatic carbocycles. The number of hydrogen-bond donors (Lipinski definition) is 0. The summed E-state index contributed by atoms with van der Waals surface area (Å²) in [6.07, 6.45) is -4.41. The summed E-state index contributed by atoms with van der Waals surface area (Å²) in [5.74, 6) is 0. The lowest BCUT2D eigenvalue weighted by Crippen LogP contribution is -2.57. The highest BCUT2D eigenvalue weighted by atomic mass is 28.4. The summed E-state index contributed by atoms with van der Waals surface area (Å²) in [7, 11) is -2.18. The molecular weight excluding hydrogens is 265 g/mol. The van der Waals surface area contributed by atoms with Gasteiger partial charge in [0.25, 0.3) is 0 Å². The average molecular weight is 280 g/mol. The minimum atomic E-state index is -4.41. The number of hydrogen-bond acceptors (Lipinski definition) is 3. The van der Waals surface area contributed by atoms with Crippen molar-refractivity contribution >= 4 is 14.0 Å². The molecule has 102 valence electrons. The van der Waals surface area contributed by atoms with Crippen molar-refractivity contribution in [1.82, 2.24) is 0 Å². The van der Waals surface area contributed by atoms with Crippen LogP contribution < -0.4 is 5.19 Å². The van der Waals surface area contributed by atoms with Crippen LogP contribution in [0, 0.1) is 0 Å². The zero-order chi connectivity index (χ0) is 13.6. The van der Waals surface area contributed by atoms with Gasteiger partial charge in [0, 0.05) is 18.9 Å². The maximum Gasteiger partial charge on any atom is 0.537 e. The van der Waals surface area contributed by atoms with Crippen LogP contribution in [-0.2, 0) is 13.3 Å². The quantitative estimate of drug-likeness (QED) is 0.747. The van der Waals surface area contributed by atoms with Gasteiger partial charge in [-0.25, -0.2) is 0 Å². The summed E-state index contributed by atoms with van der Waals surface area (Å²) >= 11 is 0. The minimum absolute atomic E-state index is 0.215. The zero-order valence-corrected chi connectivity index (χ0v) is 11.2. The monoisotopic (exact) mass is 280 g/mol. The molecular formula is C11H15F3O3Si. The fourth-order valence-electron chi connectivity index (χ4n) is 1.45. The van der Waals surface area contributed by atoms with Gasteiger partial charge in [-0.1, -0.05) is 30.3 Å². The van der Waals surface area contributed by atoms with Crippen molar-refractivity contribution < 1.29 is 26.4 Å². The molecule has 0 aromatic heterocycles. The molecule has 0 aliphatic rings. The van der Waals surface area contributed by atoms with E-state index >= 15 is 0 Å². The van der Waals surface area contributed by atoms with Gasteiger partial charge in [-0.3, -0.25) is 0 Å². The molecule has 0 saturated carbocycles. The van der Waals surface area contributed by atoms with E-state index in [2.05, 4.69) is 0 Å². The number of halogens is 3. The topological polar surface area (TPSA) is 27.7 Å². The van der Waals surface area contributed by atoms with E-state index in [1.807, 2.05) is 0 Å². The molecule has 18 heavy (non-hydrogen) atoms. The van der Waals surface area contributed by atoms with Crippen LogP contribution >= 0.6 is 0 Å². The van der Waals surface area contributed by atoms with E-state index < -0.39 is 21.6 Å². The Morgan fingerprint density at radius 2 is 1.72 bits per heavy atom. The zero-order valence-electron chi connectivity index (χ0n) is 10.2. The second-order valence-electron chi connectivity index (χ2n) is 3.46. The smallest absolute Gasteiger partial charge is 0.373 e. The third kappa shape index (κ3) is 4.09. The van der Waals surface area contributed by atoms with Crippen molar-refractivity contribution in [1.29, 1.82) is 0 Å². The molecule has 0 heterocycles. The minimum Gasteiger partial charge on any atom is -0.373 e. The third-order valence-electron chi connectivity index (χ3n) is 2.16. The highest BCUT2D eigenvalue weighted by Crippen LogP contribution is 2.19. The van der Waals surface area contributed by atoms with Crippen LogP contribution in [0.15, 0.2) is 30.3 Å². The summed E-state index contributed by atoms with van der Waals surface area (Å²) < 4.78 is 52.2. The molecule has 1 rings (SSSR count). The standard InChI is InChI=1S/C11H15F3O3Si/c1-3-16-18(15-2,17-9-11(12,13)14)10-7-5-4-6-8-10/h4-8H,3,9H2,1-2H3. The fourth-order valence-corrected chi connectivity index (χ4v) is 3.68. The molecule has 0 radical (unpaired) electrons. The van der Waals surface area contributed by atoms with E-state index in [-0.39, 0.29) is 6.61 Å². The van der Waals surface area contributed by atoms with Crippen molar-refractivity contribution in [2.45, 2.75) is 13.1 Å². The molecule has 0 spiro atoms. The Bertz CT molecular complexity index is 358. The highest BCUT2D eigenvalue weighted by molar-refractivity contribution is 6.75. The van der Waals surface area contributed by atoms with Gasteiger partial charge in [-0.15, -0.1) is 0 Å². The van der Waals surface area contributed by atoms with Crippen LogP contribution in [0.2, 0.25) is 0 Å². The Kier molecular flexibility index (Phi) is 5.33. The molecule has 0 saturated heterocycles. The van der Waals surface area contributed by atoms with Crippen LogP contribution in [-0.4, -0.2) is 35.3 Å². The van der Waals surface area contributed by atoms with Gasteiger partial charge in [0.05, 0.1) is 0 Å². The molecule has 1 aromatic rings. The second kappa shape index (κ2) is 6.33. The van der Waals surface area contributed by atoms with Crippen LogP contribution in [0.3, 0.4) is 0 Å². The number of rotatable bonds is 6. The average Bonchev–Trinajstić information content (AvgIpc) is 2.35. The van der Waals surface area contributed by atoms with Crippen LogP contribution in [0.4, 0.5) is 13.2 Å². The number of alkyl halides is 3. The lowest BCUT2D eigenvalue weighted by Gasteiger charge is -2.28. The first-order valence-electron chi connectivity index (χ1n) is 5.39. The predicted molar refractivity (Wildman–Crippen MR) is 62.5 cm³/mol. The maximum atomic E-state index is 12.3. The van der Waals surface area contributed by atoms with Crippen molar-refractivity contribution in [2.75, 3.05) is 20.3 Å². The van der Waals surface area contributed by atoms with Crippen molar-refractivity contribution in [3.63, 3.8) is 0 Å². The van der Waals surface area contributed by atoms with Gasteiger partial charge in [0.1, 0.15) is 6.61 Å². The maximum absolute atomic E-state index is 12.3. The largest absolute Gasteiger partial charge is 0.537 e. The molecule has 1 atom stereocenters. The molecule has 0 bridgehead atoms. The van der Waals surface area contributed by atoms with Gasteiger partial charge in [0.15, 0.2) is 0 Å². The first-order valence-corrected chi connectivity index (χ1v) is 7.11.